The van der Waals surface area contributed by atoms with E-state index < -0.39 is 19.1 Å². The highest BCUT2D eigenvalue weighted by Crippen LogP contribution is 2.46. The minimum atomic E-state index is -3.05. The first-order valence-electron chi connectivity index (χ1n) is 13.6. The summed E-state index contributed by atoms with van der Waals surface area (Å²) in [5.74, 6) is -2.99. The molecule has 1 amide bonds. The normalized spacial score (nSPS) is 19.4. The van der Waals surface area contributed by atoms with Crippen LogP contribution in [0.4, 0.5) is 14.6 Å². The minimum Gasteiger partial charge on any atom is -0.508 e. The van der Waals surface area contributed by atoms with Crippen molar-refractivity contribution in [3.63, 3.8) is 0 Å². The van der Waals surface area contributed by atoms with Crippen molar-refractivity contribution >= 4 is 45.1 Å². The molecule has 3 heterocycles. The fraction of sp³-hybridized carbons (Fsp3) is 0.483. The lowest BCUT2D eigenvalue weighted by molar-refractivity contribution is -0.0564. The van der Waals surface area contributed by atoms with Crippen LogP contribution >= 0.6 is 22.6 Å². The second kappa shape index (κ2) is 10.8. The van der Waals surface area contributed by atoms with Crippen molar-refractivity contribution in [1.82, 2.24) is 19.8 Å². The Balaban J connectivity index is 1.34. The number of benzene rings is 2. The number of rotatable bonds is 7. The van der Waals surface area contributed by atoms with Crippen LogP contribution in [0.25, 0.3) is 10.8 Å². The highest BCUT2D eigenvalue weighted by molar-refractivity contribution is 14.1. The van der Waals surface area contributed by atoms with Crippen molar-refractivity contribution in [2.75, 3.05) is 58.5 Å². The van der Waals surface area contributed by atoms with Crippen LogP contribution in [0.1, 0.15) is 34.5 Å². The maximum Gasteiger partial charge on any atom is 0.318 e. The van der Waals surface area contributed by atoms with E-state index in [2.05, 4.69) is 37.5 Å². The second-order valence-electron chi connectivity index (χ2n) is 11.6. The fourth-order valence-electron chi connectivity index (χ4n) is 5.78. The summed E-state index contributed by atoms with van der Waals surface area (Å²) in [6, 6.07) is 8.87. The van der Waals surface area contributed by atoms with Crippen LogP contribution in [0.5, 0.6) is 11.8 Å². The molecule has 6 rings (SSSR count). The number of anilines is 1. The second-order valence-corrected chi connectivity index (χ2v) is 12.8. The Labute approximate surface area is 250 Å². The lowest BCUT2D eigenvalue weighted by Crippen LogP contribution is -2.38. The number of hydrogen-bond acceptors (Lipinski definition) is 8. The molecule has 0 bridgehead atoms. The summed E-state index contributed by atoms with van der Waals surface area (Å²) in [6.45, 7) is 0.782. The number of carbonyl (C=O) groups excluding carboxylic acids is 1. The monoisotopic (exact) mass is 679 g/mol. The van der Waals surface area contributed by atoms with Gasteiger partial charge in [-0.3, -0.25) is 4.79 Å². The molecule has 2 fully saturated rings. The van der Waals surface area contributed by atoms with Gasteiger partial charge >= 0.3 is 6.01 Å². The molecule has 12 heteroatoms. The van der Waals surface area contributed by atoms with E-state index in [1.54, 1.807) is 11.0 Å². The molecule has 41 heavy (non-hydrogen) atoms. The first-order valence-corrected chi connectivity index (χ1v) is 14.7. The highest BCUT2D eigenvalue weighted by Gasteiger charge is 2.44. The molecule has 2 aromatic carbocycles. The maximum absolute atomic E-state index is 14.6. The van der Waals surface area contributed by atoms with Crippen LogP contribution in [0.2, 0.25) is 0 Å². The molecule has 0 unspecified atom stereocenters. The largest absolute Gasteiger partial charge is 0.508 e. The summed E-state index contributed by atoms with van der Waals surface area (Å²) >= 11 is 2.18. The Morgan fingerprint density at radius 2 is 2.02 bits per heavy atom. The van der Waals surface area contributed by atoms with E-state index in [4.69, 9.17) is 9.47 Å². The van der Waals surface area contributed by atoms with Gasteiger partial charge < -0.3 is 29.3 Å². The number of alkyl halides is 2. The predicted octanol–water partition coefficient (Wildman–Crippen LogP) is 4.29. The Morgan fingerprint density at radius 3 is 2.78 bits per heavy atom. The van der Waals surface area contributed by atoms with Crippen LogP contribution in [-0.2, 0) is 17.8 Å². The zero-order valence-corrected chi connectivity index (χ0v) is 25.2. The van der Waals surface area contributed by atoms with Gasteiger partial charge in [-0.15, -0.1) is 0 Å². The highest BCUT2D eigenvalue weighted by atomic mass is 127. The Hall–Kier alpha value is -2.84. The first kappa shape index (κ1) is 28.3. The zero-order valence-electron chi connectivity index (χ0n) is 23.0. The van der Waals surface area contributed by atoms with Gasteiger partial charge in [0.25, 0.3) is 11.8 Å². The van der Waals surface area contributed by atoms with Gasteiger partial charge in [0.1, 0.15) is 18.2 Å². The summed E-state index contributed by atoms with van der Waals surface area (Å²) in [5, 5.41) is 11.9. The number of ether oxygens (including phenoxy) is 2. The number of carbonyl (C=O) groups is 1. The maximum atomic E-state index is 14.6. The lowest BCUT2D eigenvalue weighted by Gasteiger charge is -2.26. The van der Waals surface area contributed by atoms with Gasteiger partial charge in [-0.1, -0.05) is 12.1 Å². The Morgan fingerprint density at radius 1 is 1.22 bits per heavy atom. The van der Waals surface area contributed by atoms with Crippen molar-refractivity contribution in [3.05, 3.63) is 50.7 Å². The van der Waals surface area contributed by atoms with E-state index in [9.17, 15) is 18.7 Å². The van der Waals surface area contributed by atoms with Crippen LogP contribution in [0.15, 0.2) is 30.3 Å². The number of phenols is 1. The van der Waals surface area contributed by atoms with Crippen molar-refractivity contribution in [3.8, 4) is 11.8 Å². The van der Waals surface area contributed by atoms with Crippen molar-refractivity contribution in [1.29, 1.82) is 0 Å². The Bertz CT molecular complexity index is 1500. The van der Waals surface area contributed by atoms with E-state index in [-0.39, 0.29) is 49.3 Å². The first-order chi connectivity index (χ1) is 19.5. The van der Waals surface area contributed by atoms with Gasteiger partial charge in [-0.25, -0.2) is 8.78 Å². The molecule has 0 atom stereocenters. The third kappa shape index (κ3) is 5.91. The van der Waals surface area contributed by atoms with Gasteiger partial charge in [-0.2, -0.15) is 9.97 Å². The van der Waals surface area contributed by atoms with Crippen LogP contribution < -0.4 is 9.64 Å². The fourth-order valence-corrected chi connectivity index (χ4v) is 6.59. The molecule has 1 aromatic heterocycles. The standard InChI is InChI=1S/C29H32F2IN5O4/c1-35(2)14-28(6-7-28)16-41-27-33-23-13-37(12-21(23)25(34-27)36-8-9-40-17-29(30,31)15-36)26(39)20-11-19(38)10-18-4-3-5-22(32)24(18)20/h3-5,10-11,38H,6-9,12-17H2,1-2H3. The number of halogens is 3. The number of aromatic hydroxyl groups is 1. The number of phenolic OH excluding ortho intramolecular Hbond substituents is 1. The molecule has 1 N–H and O–H groups in total. The molecule has 1 saturated carbocycles. The third-order valence-corrected chi connectivity index (χ3v) is 8.72. The molecule has 3 aliphatic rings. The summed E-state index contributed by atoms with van der Waals surface area (Å²) < 4.78 is 41.4. The van der Waals surface area contributed by atoms with Gasteiger partial charge in [0, 0.05) is 33.0 Å². The van der Waals surface area contributed by atoms with Crippen LogP contribution in [-0.4, -0.2) is 90.3 Å². The zero-order chi connectivity index (χ0) is 28.9. The average Bonchev–Trinajstić information content (AvgIpc) is 3.57. The molecule has 9 nitrogen and oxygen atoms in total. The summed E-state index contributed by atoms with van der Waals surface area (Å²) in [7, 11) is 4.04. The molecule has 1 saturated heterocycles. The Kier molecular flexibility index (Phi) is 7.43. The molecule has 0 spiro atoms. The molecule has 3 aromatic rings. The number of nitrogens with zero attached hydrogens (tertiary/aromatic N) is 5. The van der Waals surface area contributed by atoms with Crippen molar-refractivity contribution < 1.29 is 28.2 Å². The molecular weight excluding hydrogens is 647 g/mol. The van der Waals surface area contributed by atoms with E-state index in [1.165, 1.54) is 11.0 Å². The van der Waals surface area contributed by atoms with Gasteiger partial charge in [0.05, 0.1) is 44.1 Å². The summed E-state index contributed by atoms with van der Waals surface area (Å²) in [6.07, 6.45) is 2.08. The molecule has 0 radical (unpaired) electrons. The van der Waals surface area contributed by atoms with E-state index in [1.807, 2.05) is 32.3 Å². The SMILES string of the molecule is CN(C)CC1(COc2nc3c(c(N4CCOCC(F)(F)C4)n2)CN(C(=O)c2cc(O)cc4cccc(I)c24)C3)CC1. The van der Waals surface area contributed by atoms with Crippen LogP contribution in [0.3, 0.4) is 0 Å². The molecule has 2 aliphatic heterocycles. The summed E-state index contributed by atoms with van der Waals surface area (Å²) in [5.41, 5.74) is 1.60. The van der Waals surface area contributed by atoms with Gasteiger partial charge in [0.15, 0.2) is 0 Å². The summed E-state index contributed by atoms with van der Waals surface area (Å²) in [4.78, 5) is 28.5. The molecule has 218 valence electrons. The smallest absolute Gasteiger partial charge is 0.318 e. The molecule has 1 aliphatic carbocycles. The molecular formula is C29H32F2IN5O4. The quantitative estimate of drug-likeness (QED) is 0.371. The van der Waals surface area contributed by atoms with E-state index in [0.29, 0.717) is 29.2 Å². The predicted molar refractivity (Wildman–Crippen MR) is 158 cm³/mol. The number of hydrogen-bond donors (Lipinski definition) is 1. The third-order valence-electron chi connectivity index (χ3n) is 7.83. The number of fused-ring (bicyclic) bond motifs is 2. The van der Waals surface area contributed by atoms with Crippen LogP contribution in [0, 0.1) is 8.99 Å². The van der Waals surface area contributed by atoms with Crippen molar-refractivity contribution in [2.45, 2.75) is 31.9 Å². The topological polar surface area (TPSA) is 91.3 Å². The van der Waals surface area contributed by atoms with Crippen molar-refractivity contribution in [2.24, 2.45) is 5.41 Å². The minimum absolute atomic E-state index is 0.00532. The number of aromatic nitrogens is 2. The number of amides is 1. The van der Waals surface area contributed by atoms with Gasteiger partial charge in [0.2, 0.25) is 0 Å². The average molecular weight is 680 g/mol. The van der Waals surface area contributed by atoms with E-state index >= 15 is 0 Å². The van der Waals surface area contributed by atoms with Gasteiger partial charge in [-0.05, 0) is 73.1 Å². The van der Waals surface area contributed by atoms with E-state index in [0.717, 1.165) is 33.7 Å². The lowest BCUT2D eigenvalue weighted by atomic mass is 10.0.